The highest BCUT2D eigenvalue weighted by Gasteiger charge is 2.35. The first-order valence-corrected chi connectivity index (χ1v) is 16.7. The van der Waals surface area contributed by atoms with Crippen LogP contribution in [0.3, 0.4) is 0 Å². The molecule has 0 radical (unpaired) electrons. The van der Waals surface area contributed by atoms with Crippen LogP contribution >= 0.6 is 0 Å². The summed E-state index contributed by atoms with van der Waals surface area (Å²) < 4.78 is 2.41. The molecule has 49 heavy (non-hydrogen) atoms. The number of pyridine rings is 2. The van der Waals surface area contributed by atoms with Crippen molar-refractivity contribution in [3.05, 3.63) is 163 Å². The number of nitrogens with zero attached hydrogens (tertiary/aromatic N) is 5. The summed E-state index contributed by atoms with van der Waals surface area (Å²) in [6.45, 7) is 0. The Balaban J connectivity index is 1.31. The molecule has 0 N–H and O–H groups in total. The highest BCUT2D eigenvalue weighted by molar-refractivity contribution is 6.21. The predicted octanol–water partition coefficient (Wildman–Crippen LogP) is 10.2. The third kappa shape index (κ3) is 3.70. The van der Waals surface area contributed by atoms with Crippen LogP contribution in [0.2, 0.25) is 0 Å². The molecule has 5 nitrogen and oxygen atoms in total. The molecule has 2 aliphatic rings. The Hall–Kier alpha value is -6.46. The van der Waals surface area contributed by atoms with Gasteiger partial charge in [0.05, 0.1) is 28.6 Å². The van der Waals surface area contributed by atoms with Gasteiger partial charge in [-0.1, -0.05) is 84.9 Å². The molecule has 0 saturated carbocycles. The van der Waals surface area contributed by atoms with Crippen molar-refractivity contribution >= 4 is 32.6 Å². The summed E-state index contributed by atoms with van der Waals surface area (Å²) in [6, 6.07) is 41.8. The number of para-hydroxylation sites is 1. The molecule has 2 aliphatic carbocycles. The molecule has 228 valence electrons. The van der Waals surface area contributed by atoms with Crippen LogP contribution in [0.4, 0.5) is 0 Å². The fourth-order valence-electron chi connectivity index (χ4n) is 8.56. The van der Waals surface area contributed by atoms with Gasteiger partial charge in [0.2, 0.25) is 0 Å². The highest BCUT2D eigenvalue weighted by atomic mass is 15.0. The van der Waals surface area contributed by atoms with E-state index in [1.165, 1.54) is 66.0 Å². The number of rotatable bonds is 3. The molecule has 4 heterocycles. The normalized spacial score (nSPS) is 14.2. The topological polar surface area (TPSA) is 56.5 Å². The Morgan fingerprint density at radius 2 is 1.35 bits per heavy atom. The van der Waals surface area contributed by atoms with Crippen LogP contribution in [0.25, 0.3) is 83.2 Å². The molecule has 1 unspecified atom stereocenters. The summed E-state index contributed by atoms with van der Waals surface area (Å²) in [5.41, 5.74) is 15.5. The Kier molecular flexibility index (Phi) is 5.44. The predicted molar refractivity (Wildman–Crippen MR) is 197 cm³/mol. The van der Waals surface area contributed by atoms with Crippen molar-refractivity contribution in [2.24, 2.45) is 0 Å². The number of hydrogen-bond acceptors (Lipinski definition) is 4. The summed E-state index contributed by atoms with van der Waals surface area (Å²) in [6.07, 6.45) is 10.3. The summed E-state index contributed by atoms with van der Waals surface area (Å²) >= 11 is 0. The zero-order valence-electron chi connectivity index (χ0n) is 26.4. The molecule has 0 amide bonds. The second kappa shape index (κ2) is 10.0. The Bertz CT molecular complexity index is 2800. The van der Waals surface area contributed by atoms with Gasteiger partial charge in [-0.15, -0.1) is 0 Å². The maximum Gasteiger partial charge on any atom is 0.161 e. The molecule has 0 spiro atoms. The minimum absolute atomic E-state index is 0.247. The molecule has 5 heteroatoms. The van der Waals surface area contributed by atoms with Crippen molar-refractivity contribution in [1.29, 1.82) is 0 Å². The summed E-state index contributed by atoms with van der Waals surface area (Å²) in [5, 5.41) is 4.94. The molecule has 0 aliphatic heterocycles. The van der Waals surface area contributed by atoms with E-state index in [2.05, 4.69) is 112 Å². The molecular weight excluding hydrogens is 599 g/mol. The van der Waals surface area contributed by atoms with Gasteiger partial charge in [0, 0.05) is 58.0 Å². The van der Waals surface area contributed by atoms with Gasteiger partial charge in [0.1, 0.15) is 0 Å². The zero-order chi connectivity index (χ0) is 32.1. The van der Waals surface area contributed by atoms with Gasteiger partial charge in [-0.2, -0.15) is 0 Å². The first kappa shape index (κ1) is 26.6. The van der Waals surface area contributed by atoms with Crippen molar-refractivity contribution in [2.45, 2.75) is 12.3 Å². The lowest BCUT2D eigenvalue weighted by molar-refractivity contribution is 0.789. The van der Waals surface area contributed by atoms with Crippen LogP contribution in [-0.4, -0.2) is 24.5 Å². The van der Waals surface area contributed by atoms with Crippen LogP contribution in [0.1, 0.15) is 22.6 Å². The Morgan fingerprint density at radius 1 is 0.592 bits per heavy atom. The summed E-state index contributed by atoms with van der Waals surface area (Å²) in [5.74, 6) is 0.876. The quantitative estimate of drug-likeness (QED) is 0.196. The van der Waals surface area contributed by atoms with Crippen molar-refractivity contribution in [2.75, 3.05) is 0 Å². The van der Waals surface area contributed by atoms with Crippen molar-refractivity contribution in [1.82, 2.24) is 24.5 Å². The largest absolute Gasteiger partial charge is 0.305 e. The lowest BCUT2D eigenvalue weighted by Gasteiger charge is -2.36. The molecule has 1 atom stereocenters. The van der Waals surface area contributed by atoms with Crippen molar-refractivity contribution in [3.63, 3.8) is 0 Å². The first-order valence-electron chi connectivity index (χ1n) is 16.7. The van der Waals surface area contributed by atoms with Crippen LogP contribution in [0, 0.1) is 0 Å². The number of hydrogen-bond donors (Lipinski definition) is 0. The number of fused-ring (bicyclic) bond motifs is 13. The minimum atomic E-state index is 0.247. The number of aromatic nitrogens is 5. The van der Waals surface area contributed by atoms with E-state index in [4.69, 9.17) is 9.97 Å². The maximum absolute atomic E-state index is 5.24. The van der Waals surface area contributed by atoms with Gasteiger partial charge in [-0.05, 0) is 81.1 Å². The lowest BCUT2D eigenvalue weighted by Crippen LogP contribution is -2.19. The molecule has 0 fully saturated rings. The molecular formula is C44H27N5. The third-order valence-electron chi connectivity index (χ3n) is 10.6. The first-order chi connectivity index (χ1) is 24.3. The van der Waals surface area contributed by atoms with Gasteiger partial charge in [-0.25, -0.2) is 9.97 Å². The Labute approximate surface area is 282 Å². The smallest absolute Gasteiger partial charge is 0.161 e. The van der Waals surface area contributed by atoms with E-state index in [9.17, 15) is 0 Å². The van der Waals surface area contributed by atoms with Crippen LogP contribution in [-0.2, 0) is 6.42 Å². The van der Waals surface area contributed by atoms with E-state index in [0.717, 1.165) is 34.4 Å². The van der Waals surface area contributed by atoms with Crippen LogP contribution < -0.4 is 0 Å². The van der Waals surface area contributed by atoms with E-state index < -0.39 is 0 Å². The van der Waals surface area contributed by atoms with E-state index in [1.54, 1.807) is 12.4 Å². The van der Waals surface area contributed by atoms with E-state index in [0.29, 0.717) is 5.82 Å². The lowest BCUT2D eigenvalue weighted by atomic mass is 9.67. The fraction of sp³-hybridized carbons (Fsp3) is 0.0455. The molecule has 11 rings (SSSR count). The molecule has 9 aromatic rings. The van der Waals surface area contributed by atoms with Crippen LogP contribution in [0.15, 0.2) is 146 Å². The van der Waals surface area contributed by atoms with Crippen molar-refractivity contribution < 1.29 is 0 Å². The van der Waals surface area contributed by atoms with E-state index in [-0.39, 0.29) is 5.92 Å². The molecule has 5 aromatic carbocycles. The van der Waals surface area contributed by atoms with Gasteiger partial charge in [0.15, 0.2) is 5.82 Å². The second-order valence-electron chi connectivity index (χ2n) is 13.0. The monoisotopic (exact) mass is 625 g/mol. The SMILES string of the molecule is c1cncc(-c2ncc(-n3c4ccccc4c4ccc5ccc6c(c5c43)C3Cc4c(cccc4-6)-c4ccccc43)c(-c3cccnc3)n2)c1. The summed E-state index contributed by atoms with van der Waals surface area (Å²) in [7, 11) is 0. The second-order valence-corrected chi connectivity index (χ2v) is 13.0. The highest BCUT2D eigenvalue weighted by Crippen LogP contribution is 2.55. The Morgan fingerprint density at radius 3 is 2.20 bits per heavy atom. The average Bonchev–Trinajstić information content (AvgIpc) is 3.52. The van der Waals surface area contributed by atoms with Gasteiger partial charge in [0.25, 0.3) is 0 Å². The third-order valence-corrected chi connectivity index (χ3v) is 10.6. The molecule has 4 aromatic heterocycles. The fourth-order valence-corrected chi connectivity index (χ4v) is 8.56. The van der Waals surface area contributed by atoms with Gasteiger partial charge >= 0.3 is 0 Å². The molecule has 0 saturated heterocycles. The average molecular weight is 626 g/mol. The van der Waals surface area contributed by atoms with Gasteiger partial charge in [-0.3, -0.25) is 9.97 Å². The van der Waals surface area contributed by atoms with Crippen LogP contribution in [0.5, 0.6) is 0 Å². The van der Waals surface area contributed by atoms with Gasteiger partial charge < -0.3 is 4.57 Å². The maximum atomic E-state index is 5.24. The number of benzene rings is 5. The zero-order valence-corrected chi connectivity index (χ0v) is 26.4. The van der Waals surface area contributed by atoms with Crippen molar-refractivity contribution in [3.8, 4) is 50.6 Å². The minimum Gasteiger partial charge on any atom is -0.305 e. The standard InChI is InChI=1S/C44H27N5/c1-2-11-31-29(10-1)30-13-5-14-32-34-18-16-26-17-19-35-33-12-3-4-15-38(33)49(43(35)40(26)41(34)37(31)22-36(30)32)39-25-47-44(28-9-7-21-46-24-28)48-42(39)27-8-6-20-45-23-27/h1-21,23-25,37H,22H2. The summed E-state index contributed by atoms with van der Waals surface area (Å²) in [4.78, 5) is 19.1. The van der Waals surface area contributed by atoms with E-state index >= 15 is 0 Å². The molecule has 2 bridgehead atoms. The van der Waals surface area contributed by atoms with E-state index in [1.807, 2.05) is 36.8 Å².